The highest BCUT2D eigenvalue weighted by Gasteiger charge is 2.27. The summed E-state index contributed by atoms with van der Waals surface area (Å²) < 4.78 is 5.44. The number of methoxy groups -OCH3 is 1. The molecule has 0 aromatic carbocycles. The van der Waals surface area contributed by atoms with Crippen molar-refractivity contribution >= 4 is 0 Å². The standard InChI is InChI=1S/C11H24N2O/c1-11(2,14-4)9-13-6-5-10(8-13)7-12-3/h10,12H,5-9H2,1-4H3. The fourth-order valence-corrected chi connectivity index (χ4v) is 2.11. The van der Waals surface area contributed by atoms with Crippen molar-refractivity contribution < 1.29 is 4.74 Å². The summed E-state index contributed by atoms with van der Waals surface area (Å²) in [6, 6.07) is 0. The van der Waals surface area contributed by atoms with Crippen LogP contribution in [0.2, 0.25) is 0 Å². The van der Waals surface area contributed by atoms with E-state index >= 15 is 0 Å². The van der Waals surface area contributed by atoms with Gasteiger partial charge in [-0.25, -0.2) is 0 Å². The molecule has 1 saturated heterocycles. The van der Waals surface area contributed by atoms with Crippen LogP contribution >= 0.6 is 0 Å². The normalized spacial score (nSPS) is 24.4. The van der Waals surface area contributed by atoms with Crippen molar-refractivity contribution in [2.45, 2.75) is 25.9 Å². The minimum atomic E-state index is -0.00542. The van der Waals surface area contributed by atoms with Crippen LogP contribution in [0.4, 0.5) is 0 Å². The van der Waals surface area contributed by atoms with Gasteiger partial charge in [-0.05, 0) is 46.3 Å². The zero-order valence-electron chi connectivity index (χ0n) is 9.97. The fourth-order valence-electron chi connectivity index (χ4n) is 2.11. The summed E-state index contributed by atoms with van der Waals surface area (Å²) >= 11 is 0. The second kappa shape index (κ2) is 5.10. The van der Waals surface area contributed by atoms with E-state index in [0.717, 1.165) is 19.0 Å². The van der Waals surface area contributed by atoms with Gasteiger partial charge in [-0.3, -0.25) is 0 Å². The Morgan fingerprint density at radius 1 is 1.50 bits per heavy atom. The van der Waals surface area contributed by atoms with E-state index < -0.39 is 0 Å². The molecule has 0 radical (unpaired) electrons. The highest BCUT2D eigenvalue weighted by Crippen LogP contribution is 2.19. The van der Waals surface area contributed by atoms with Gasteiger partial charge in [0.05, 0.1) is 5.60 Å². The highest BCUT2D eigenvalue weighted by atomic mass is 16.5. The second-order valence-electron chi connectivity index (χ2n) is 4.91. The molecule has 0 aliphatic carbocycles. The predicted octanol–water partition coefficient (Wildman–Crippen LogP) is 0.953. The Hall–Kier alpha value is -0.120. The van der Waals surface area contributed by atoms with E-state index in [1.807, 2.05) is 7.05 Å². The lowest BCUT2D eigenvalue weighted by Gasteiger charge is -2.28. The first-order valence-corrected chi connectivity index (χ1v) is 5.49. The average molecular weight is 200 g/mol. The number of hydrogen-bond donors (Lipinski definition) is 1. The molecule has 1 fully saturated rings. The number of ether oxygens (including phenoxy) is 1. The largest absolute Gasteiger partial charge is 0.377 e. The first-order valence-electron chi connectivity index (χ1n) is 5.49. The van der Waals surface area contributed by atoms with Crippen LogP contribution in [0.25, 0.3) is 0 Å². The van der Waals surface area contributed by atoms with Gasteiger partial charge in [0.1, 0.15) is 0 Å². The molecule has 1 atom stereocenters. The van der Waals surface area contributed by atoms with Gasteiger partial charge in [0.15, 0.2) is 0 Å². The molecule has 0 aromatic heterocycles. The lowest BCUT2D eigenvalue weighted by Crippen LogP contribution is -2.39. The van der Waals surface area contributed by atoms with E-state index in [1.165, 1.54) is 19.5 Å². The summed E-state index contributed by atoms with van der Waals surface area (Å²) in [4.78, 5) is 2.51. The van der Waals surface area contributed by atoms with Crippen molar-refractivity contribution in [1.82, 2.24) is 10.2 Å². The van der Waals surface area contributed by atoms with Crippen LogP contribution in [0.15, 0.2) is 0 Å². The molecule has 84 valence electrons. The molecule has 0 aromatic rings. The fraction of sp³-hybridized carbons (Fsp3) is 1.00. The molecule has 1 aliphatic rings. The number of rotatable bonds is 5. The van der Waals surface area contributed by atoms with Crippen molar-refractivity contribution in [3.8, 4) is 0 Å². The highest BCUT2D eigenvalue weighted by molar-refractivity contribution is 4.82. The Morgan fingerprint density at radius 2 is 2.21 bits per heavy atom. The minimum absolute atomic E-state index is 0.00542. The molecule has 1 heterocycles. The van der Waals surface area contributed by atoms with E-state index in [9.17, 15) is 0 Å². The van der Waals surface area contributed by atoms with Crippen LogP contribution in [0.5, 0.6) is 0 Å². The lowest BCUT2D eigenvalue weighted by atomic mass is 10.1. The molecular weight excluding hydrogens is 176 g/mol. The summed E-state index contributed by atoms with van der Waals surface area (Å²) in [5.74, 6) is 0.827. The van der Waals surface area contributed by atoms with Crippen LogP contribution < -0.4 is 5.32 Å². The Morgan fingerprint density at radius 3 is 2.79 bits per heavy atom. The third-order valence-electron chi connectivity index (χ3n) is 3.02. The van der Waals surface area contributed by atoms with Gasteiger partial charge in [-0.2, -0.15) is 0 Å². The monoisotopic (exact) mass is 200 g/mol. The molecule has 1 N–H and O–H groups in total. The van der Waals surface area contributed by atoms with E-state index in [-0.39, 0.29) is 5.60 Å². The third-order valence-corrected chi connectivity index (χ3v) is 3.02. The first kappa shape index (κ1) is 12.0. The Kier molecular flexibility index (Phi) is 4.35. The molecule has 0 amide bonds. The summed E-state index contributed by atoms with van der Waals surface area (Å²) in [6.07, 6.45) is 1.32. The van der Waals surface area contributed by atoms with Gasteiger partial charge in [-0.1, -0.05) is 0 Å². The predicted molar refractivity (Wildman–Crippen MR) is 59.6 cm³/mol. The molecular formula is C11H24N2O. The smallest absolute Gasteiger partial charge is 0.0749 e. The van der Waals surface area contributed by atoms with E-state index in [4.69, 9.17) is 4.74 Å². The molecule has 0 bridgehead atoms. The second-order valence-corrected chi connectivity index (χ2v) is 4.91. The van der Waals surface area contributed by atoms with Crippen LogP contribution in [0.1, 0.15) is 20.3 Å². The van der Waals surface area contributed by atoms with Crippen LogP contribution in [-0.4, -0.2) is 50.8 Å². The van der Waals surface area contributed by atoms with Crippen molar-refractivity contribution in [3.05, 3.63) is 0 Å². The third kappa shape index (κ3) is 3.56. The van der Waals surface area contributed by atoms with E-state index in [1.54, 1.807) is 7.11 Å². The zero-order valence-corrected chi connectivity index (χ0v) is 9.97. The topological polar surface area (TPSA) is 24.5 Å². The summed E-state index contributed by atoms with van der Waals surface area (Å²) in [5, 5.41) is 3.25. The molecule has 1 rings (SSSR count). The van der Waals surface area contributed by atoms with Crippen molar-refractivity contribution in [3.63, 3.8) is 0 Å². The van der Waals surface area contributed by atoms with Gasteiger partial charge in [0, 0.05) is 20.2 Å². The Labute approximate surface area is 87.8 Å². The van der Waals surface area contributed by atoms with Crippen molar-refractivity contribution in [2.24, 2.45) is 5.92 Å². The zero-order chi connectivity index (χ0) is 10.6. The van der Waals surface area contributed by atoms with Gasteiger partial charge in [-0.15, -0.1) is 0 Å². The van der Waals surface area contributed by atoms with Crippen molar-refractivity contribution in [1.29, 1.82) is 0 Å². The quantitative estimate of drug-likeness (QED) is 0.715. The van der Waals surface area contributed by atoms with Gasteiger partial charge in [0.25, 0.3) is 0 Å². The van der Waals surface area contributed by atoms with Crippen LogP contribution in [0.3, 0.4) is 0 Å². The van der Waals surface area contributed by atoms with Crippen molar-refractivity contribution in [2.75, 3.05) is 40.3 Å². The first-order chi connectivity index (χ1) is 6.57. The molecule has 14 heavy (non-hydrogen) atoms. The summed E-state index contributed by atoms with van der Waals surface area (Å²) in [5.41, 5.74) is -0.00542. The maximum absolute atomic E-state index is 5.44. The molecule has 3 heteroatoms. The maximum Gasteiger partial charge on any atom is 0.0749 e. The van der Waals surface area contributed by atoms with E-state index in [2.05, 4.69) is 24.1 Å². The Balaban J connectivity index is 2.28. The van der Waals surface area contributed by atoms with Crippen LogP contribution in [-0.2, 0) is 4.74 Å². The van der Waals surface area contributed by atoms with Gasteiger partial charge >= 0.3 is 0 Å². The van der Waals surface area contributed by atoms with Crippen LogP contribution in [0, 0.1) is 5.92 Å². The number of nitrogens with one attached hydrogen (secondary N) is 1. The lowest BCUT2D eigenvalue weighted by molar-refractivity contribution is -0.00316. The number of nitrogens with zero attached hydrogens (tertiary/aromatic N) is 1. The Bertz CT molecular complexity index is 171. The molecule has 0 spiro atoms. The number of hydrogen-bond acceptors (Lipinski definition) is 3. The summed E-state index contributed by atoms with van der Waals surface area (Å²) in [7, 11) is 3.82. The minimum Gasteiger partial charge on any atom is -0.377 e. The maximum atomic E-state index is 5.44. The number of likely N-dealkylation sites (tertiary alicyclic amines) is 1. The van der Waals surface area contributed by atoms with E-state index in [0.29, 0.717) is 0 Å². The SMILES string of the molecule is CNCC1CCN(CC(C)(C)OC)C1. The molecule has 0 saturated carbocycles. The van der Waals surface area contributed by atoms with Gasteiger partial charge in [0.2, 0.25) is 0 Å². The molecule has 3 nitrogen and oxygen atoms in total. The molecule has 1 unspecified atom stereocenters. The van der Waals surface area contributed by atoms with Gasteiger partial charge < -0.3 is 15.0 Å². The average Bonchev–Trinajstić information content (AvgIpc) is 2.53. The summed E-state index contributed by atoms with van der Waals surface area (Å²) in [6.45, 7) is 8.93. The molecule has 1 aliphatic heterocycles.